The summed E-state index contributed by atoms with van der Waals surface area (Å²) in [6, 6.07) is 9.78. The van der Waals surface area contributed by atoms with Crippen molar-refractivity contribution >= 4 is 17.5 Å². The molecule has 0 atom stereocenters. The first kappa shape index (κ1) is 13.1. The molecule has 0 bridgehead atoms. The predicted molar refractivity (Wildman–Crippen MR) is 79.3 cm³/mol. The number of hydrogen-bond acceptors (Lipinski definition) is 5. The lowest BCUT2D eigenvalue weighted by atomic mass is 10.2. The molecule has 0 radical (unpaired) electrons. The molecule has 0 saturated heterocycles. The van der Waals surface area contributed by atoms with Gasteiger partial charge in [-0.25, -0.2) is 4.98 Å². The fraction of sp³-hybridized carbons (Fsp3) is 0.286. The molecule has 0 amide bonds. The van der Waals surface area contributed by atoms with Crippen LogP contribution in [-0.4, -0.2) is 31.1 Å². The summed E-state index contributed by atoms with van der Waals surface area (Å²) < 4.78 is 0. The molecule has 1 aromatic carbocycles. The molecular weight excluding hydrogens is 238 g/mol. The van der Waals surface area contributed by atoms with Crippen molar-refractivity contribution < 1.29 is 0 Å². The van der Waals surface area contributed by atoms with Gasteiger partial charge in [-0.05, 0) is 23.8 Å². The Labute approximate surface area is 113 Å². The molecular formula is C14H19N5. The Kier molecular flexibility index (Phi) is 3.85. The minimum Gasteiger partial charge on any atom is -0.399 e. The van der Waals surface area contributed by atoms with Gasteiger partial charge in [0.05, 0.1) is 0 Å². The molecule has 5 heteroatoms. The third kappa shape index (κ3) is 3.34. The number of hydrogen-bond donors (Lipinski definition) is 1. The molecule has 0 unspecified atom stereocenters. The van der Waals surface area contributed by atoms with Crippen LogP contribution in [0.2, 0.25) is 0 Å². The highest BCUT2D eigenvalue weighted by Crippen LogP contribution is 2.16. The van der Waals surface area contributed by atoms with Crippen LogP contribution in [0, 0.1) is 0 Å². The Bertz CT molecular complexity index is 553. The van der Waals surface area contributed by atoms with Gasteiger partial charge in [0.2, 0.25) is 5.95 Å². The van der Waals surface area contributed by atoms with Crippen molar-refractivity contribution in [2.24, 2.45) is 0 Å². The van der Waals surface area contributed by atoms with Crippen molar-refractivity contribution in [3.05, 3.63) is 42.1 Å². The minimum absolute atomic E-state index is 0.705. The van der Waals surface area contributed by atoms with Crippen molar-refractivity contribution in [2.75, 3.05) is 36.7 Å². The van der Waals surface area contributed by atoms with E-state index < -0.39 is 0 Å². The molecule has 5 nitrogen and oxygen atoms in total. The molecule has 1 aromatic heterocycles. The molecule has 1 heterocycles. The first-order valence-corrected chi connectivity index (χ1v) is 6.12. The minimum atomic E-state index is 0.705. The van der Waals surface area contributed by atoms with Crippen LogP contribution < -0.4 is 15.5 Å². The molecule has 2 N–H and O–H groups in total. The van der Waals surface area contributed by atoms with Crippen molar-refractivity contribution in [3.8, 4) is 0 Å². The van der Waals surface area contributed by atoms with E-state index in [0.29, 0.717) is 5.95 Å². The summed E-state index contributed by atoms with van der Waals surface area (Å²) in [5.41, 5.74) is 7.73. The van der Waals surface area contributed by atoms with Crippen LogP contribution in [0.5, 0.6) is 0 Å². The van der Waals surface area contributed by atoms with Gasteiger partial charge in [0.15, 0.2) is 0 Å². The number of aromatic nitrogens is 2. The molecule has 19 heavy (non-hydrogen) atoms. The molecule has 0 fully saturated rings. The van der Waals surface area contributed by atoms with Gasteiger partial charge in [-0.1, -0.05) is 12.1 Å². The van der Waals surface area contributed by atoms with Crippen LogP contribution in [0.4, 0.5) is 17.5 Å². The largest absolute Gasteiger partial charge is 0.399 e. The summed E-state index contributed by atoms with van der Waals surface area (Å²) in [6.07, 6.45) is 1.77. The number of anilines is 3. The molecule has 100 valence electrons. The zero-order valence-electron chi connectivity index (χ0n) is 11.5. The number of benzene rings is 1. The van der Waals surface area contributed by atoms with Gasteiger partial charge in [-0.2, -0.15) is 4.98 Å². The van der Waals surface area contributed by atoms with Gasteiger partial charge in [0.25, 0.3) is 0 Å². The van der Waals surface area contributed by atoms with Crippen LogP contribution in [0.25, 0.3) is 0 Å². The highest BCUT2D eigenvalue weighted by molar-refractivity contribution is 5.45. The SMILES string of the molecule is CN(C)c1nccc(N(C)Cc2cccc(N)c2)n1. The second-order valence-electron chi connectivity index (χ2n) is 4.71. The summed E-state index contributed by atoms with van der Waals surface area (Å²) >= 11 is 0. The van der Waals surface area contributed by atoms with Crippen molar-refractivity contribution in [2.45, 2.75) is 6.54 Å². The number of nitrogens with two attached hydrogens (primary N) is 1. The summed E-state index contributed by atoms with van der Waals surface area (Å²) in [4.78, 5) is 12.7. The van der Waals surface area contributed by atoms with Gasteiger partial charge in [0.1, 0.15) is 5.82 Å². The van der Waals surface area contributed by atoms with Crippen molar-refractivity contribution in [1.29, 1.82) is 0 Å². The summed E-state index contributed by atoms with van der Waals surface area (Å²) in [5.74, 6) is 1.60. The lowest BCUT2D eigenvalue weighted by Crippen LogP contribution is -2.20. The maximum atomic E-state index is 5.79. The fourth-order valence-corrected chi connectivity index (χ4v) is 1.81. The Morgan fingerprint density at radius 1 is 1.16 bits per heavy atom. The third-order valence-electron chi connectivity index (χ3n) is 2.79. The quantitative estimate of drug-likeness (QED) is 0.846. The topological polar surface area (TPSA) is 58.3 Å². The van der Waals surface area contributed by atoms with Crippen LogP contribution in [0.3, 0.4) is 0 Å². The Morgan fingerprint density at radius 2 is 1.95 bits per heavy atom. The normalized spacial score (nSPS) is 10.3. The standard InChI is InChI=1S/C14H19N5/c1-18(2)14-16-8-7-13(17-14)19(3)10-11-5-4-6-12(15)9-11/h4-9H,10,15H2,1-3H3. The van der Waals surface area contributed by atoms with Gasteiger partial charge in [-0.15, -0.1) is 0 Å². The van der Waals surface area contributed by atoms with Crippen LogP contribution in [-0.2, 0) is 6.54 Å². The second kappa shape index (κ2) is 5.56. The van der Waals surface area contributed by atoms with E-state index in [1.54, 1.807) is 6.20 Å². The summed E-state index contributed by atoms with van der Waals surface area (Å²) in [5, 5.41) is 0. The lowest BCUT2D eigenvalue weighted by Gasteiger charge is -2.20. The van der Waals surface area contributed by atoms with E-state index >= 15 is 0 Å². The average Bonchev–Trinajstić information content (AvgIpc) is 2.39. The molecule has 2 aromatic rings. The highest BCUT2D eigenvalue weighted by atomic mass is 15.3. The number of rotatable bonds is 4. The van der Waals surface area contributed by atoms with Crippen LogP contribution in [0.1, 0.15) is 5.56 Å². The monoisotopic (exact) mass is 257 g/mol. The number of nitrogens with zero attached hydrogens (tertiary/aromatic N) is 4. The molecule has 0 saturated carbocycles. The first-order valence-electron chi connectivity index (χ1n) is 6.12. The zero-order valence-corrected chi connectivity index (χ0v) is 11.5. The van der Waals surface area contributed by atoms with Crippen LogP contribution in [0.15, 0.2) is 36.5 Å². The number of nitrogen functional groups attached to an aromatic ring is 1. The maximum Gasteiger partial charge on any atom is 0.226 e. The molecule has 0 aliphatic carbocycles. The van der Waals surface area contributed by atoms with E-state index in [1.165, 1.54) is 0 Å². The van der Waals surface area contributed by atoms with Crippen molar-refractivity contribution in [1.82, 2.24) is 9.97 Å². The summed E-state index contributed by atoms with van der Waals surface area (Å²) in [7, 11) is 5.86. The molecule has 0 spiro atoms. The van der Waals surface area contributed by atoms with Gasteiger partial charge in [-0.3, -0.25) is 0 Å². The molecule has 0 aliphatic rings. The van der Waals surface area contributed by atoms with E-state index in [4.69, 9.17) is 5.73 Å². The average molecular weight is 257 g/mol. The first-order chi connectivity index (χ1) is 9.06. The van der Waals surface area contributed by atoms with E-state index in [1.807, 2.05) is 50.3 Å². The van der Waals surface area contributed by atoms with Crippen LogP contribution >= 0.6 is 0 Å². The lowest BCUT2D eigenvalue weighted by molar-refractivity contribution is 0.881. The highest BCUT2D eigenvalue weighted by Gasteiger charge is 2.06. The molecule has 2 rings (SSSR count). The zero-order chi connectivity index (χ0) is 13.8. The Morgan fingerprint density at radius 3 is 2.63 bits per heavy atom. The maximum absolute atomic E-state index is 5.79. The molecule has 0 aliphatic heterocycles. The van der Waals surface area contributed by atoms with E-state index in [9.17, 15) is 0 Å². The third-order valence-corrected chi connectivity index (χ3v) is 2.79. The Balaban J connectivity index is 2.15. The van der Waals surface area contributed by atoms with E-state index in [0.717, 1.165) is 23.6 Å². The smallest absolute Gasteiger partial charge is 0.226 e. The predicted octanol–water partition coefficient (Wildman–Crippen LogP) is 1.76. The van der Waals surface area contributed by atoms with E-state index in [-0.39, 0.29) is 0 Å². The van der Waals surface area contributed by atoms with Crippen molar-refractivity contribution in [3.63, 3.8) is 0 Å². The van der Waals surface area contributed by atoms with Gasteiger partial charge >= 0.3 is 0 Å². The summed E-state index contributed by atoms with van der Waals surface area (Å²) in [6.45, 7) is 0.759. The fourth-order valence-electron chi connectivity index (χ4n) is 1.81. The van der Waals surface area contributed by atoms with E-state index in [2.05, 4.69) is 20.9 Å². The Hall–Kier alpha value is -2.30. The van der Waals surface area contributed by atoms with Gasteiger partial charge < -0.3 is 15.5 Å². The second-order valence-corrected chi connectivity index (χ2v) is 4.71. The van der Waals surface area contributed by atoms with Gasteiger partial charge in [0, 0.05) is 39.6 Å².